The van der Waals surface area contributed by atoms with Crippen molar-refractivity contribution in [2.45, 2.75) is 46.5 Å². The Hall–Kier alpha value is -1.30. The van der Waals surface area contributed by atoms with E-state index in [0.717, 1.165) is 58.1 Å². The SMILES string of the molecule is CCCCN(C)CCN=C(NCC)N1CCC(C(=O)OCC)CC1. The molecule has 140 valence electrons. The minimum Gasteiger partial charge on any atom is -0.466 e. The molecular formula is C18H36N4O2. The van der Waals surface area contributed by atoms with Crippen molar-refractivity contribution in [2.24, 2.45) is 10.9 Å². The van der Waals surface area contributed by atoms with Gasteiger partial charge < -0.3 is 19.9 Å². The van der Waals surface area contributed by atoms with E-state index < -0.39 is 0 Å². The molecule has 0 aromatic rings. The van der Waals surface area contributed by atoms with Gasteiger partial charge in [-0.2, -0.15) is 0 Å². The zero-order valence-corrected chi connectivity index (χ0v) is 16.0. The number of carbonyl (C=O) groups is 1. The lowest BCUT2D eigenvalue weighted by Gasteiger charge is -2.33. The molecule has 1 heterocycles. The molecule has 1 rings (SSSR count). The molecule has 24 heavy (non-hydrogen) atoms. The van der Waals surface area contributed by atoms with Gasteiger partial charge in [0.25, 0.3) is 0 Å². The van der Waals surface area contributed by atoms with E-state index >= 15 is 0 Å². The second-order valence-electron chi connectivity index (χ2n) is 6.41. The first kappa shape index (κ1) is 20.7. The van der Waals surface area contributed by atoms with Crippen LogP contribution in [0.3, 0.4) is 0 Å². The van der Waals surface area contributed by atoms with E-state index in [9.17, 15) is 4.79 Å². The Morgan fingerprint density at radius 1 is 1.25 bits per heavy atom. The summed E-state index contributed by atoms with van der Waals surface area (Å²) in [6.07, 6.45) is 4.16. The predicted octanol–water partition coefficient (Wildman–Crippen LogP) is 1.96. The highest BCUT2D eigenvalue weighted by Crippen LogP contribution is 2.18. The quantitative estimate of drug-likeness (QED) is 0.395. The Balaban J connectivity index is 2.45. The number of hydrogen-bond donors (Lipinski definition) is 1. The van der Waals surface area contributed by atoms with E-state index in [0.29, 0.717) is 6.61 Å². The van der Waals surface area contributed by atoms with Gasteiger partial charge in [0.15, 0.2) is 5.96 Å². The van der Waals surface area contributed by atoms with Crippen molar-refractivity contribution in [3.05, 3.63) is 0 Å². The molecule has 0 unspecified atom stereocenters. The molecule has 1 aliphatic heterocycles. The summed E-state index contributed by atoms with van der Waals surface area (Å²) in [5, 5.41) is 3.38. The predicted molar refractivity (Wildman–Crippen MR) is 99.3 cm³/mol. The maximum Gasteiger partial charge on any atom is 0.309 e. The third-order valence-electron chi connectivity index (χ3n) is 4.39. The van der Waals surface area contributed by atoms with Crippen molar-refractivity contribution in [1.82, 2.24) is 15.1 Å². The molecule has 6 nitrogen and oxygen atoms in total. The van der Waals surface area contributed by atoms with Crippen molar-refractivity contribution in [1.29, 1.82) is 0 Å². The fourth-order valence-corrected chi connectivity index (χ4v) is 2.88. The lowest BCUT2D eigenvalue weighted by molar-refractivity contribution is -0.149. The van der Waals surface area contributed by atoms with Crippen LogP contribution in [-0.4, -0.2) is 74.7 Å². The maximum atomic E-state index is 11.8. The number of nitrogens with one attached hydrogen (secondary N) is 1. The second-order valence-corrected chi connectivity index (χ2v) is 6.41. The standard InChI is InChI=1S/C18H36N4O2/c1-5-8-12-21(4)15-11-20-18(19-6-2)22-13-9-16(10-14-22)17(23)24-7-3/h16H,5-15H2,1-4H3,(H,19,20). The third-order valence-corrected chi connectivity index (χ3v) is 4.39. The van der Waals surface area contributed by atoms with Gasteiger partial charge in [0.1, 0.15) is 0 Å². The normalized spacial score (nSPS) is 16.5. The molecule has 0 radical (unpaired) electrons. The Labute approximate surface area is 147 Å². The molecule has 0 bridgehead atoms. The van der Waals surface area contributed by atoms with Crippen molar-refractivity contribution in [3.8, 4) is 0 Å². The van der Waals surface area contributed by atoms with Crippen LogP contribution in [0.4, 0.5) is 0 Å². The largest absolute Gasteiger partial charge is 0.466 e. The number of unbranched alkanes of at least 4 members (excludes halogenated alkanes) is 1. The number of guanidine groups is 1. The highest BCUT2D eigenvalue weighted by atomic mass is 16.5. The van der Waals surface area contributed by atoms with Gasteiger partial charge in [-0.15, -0.1) is 0 Å². The van der Waals surface area contributed by atoms with Crippen molar-refractivity contribution in [2.75, 3.05) is 52.9 Å². The van der Waals surface area contributed by atoms with Crippen molar-refractivity contribution in [3.63, 3.8) is 0 Å². The molecule has 0 amide bonds. The van der Waals surface area contributed by atoms with Crippen LogP contribution in [0.5, 0.6) is 0 Å². The number of aliphatic imine (C=N–C) groups is 1. The smallest absolute Gasteiger partial charge is 0.309 e. The average molecular weight is 341 g/mol. The van der Waals surface area contributed by atoms with E-state index in [1.165, 1.54) is 12.8 Å². The lowest BCUT2D eigenvalue weighted by atomic mass is 9.97. The van der Waals surface area contributed by atoms with Crippen molar-refractivity contribution < 1.29 is 9.53 Å². The first-order chi connectivity index (χ1) is 11.6. The zero-order chi connectivity index (χ0) is 17.8. The zero-order valence-electron chi connectivity index (χ0n) is 16.0. The van der Waals surface area contributed by atoms with Gasteiger partial charge >= 0.3 is 5.97 Å². The summed E-state index contributed by atoms with van der Waals surface area (Å²) < 4.78 is 5.14. The monoisotopic (exact) mass is 340 g/mol. The molecule has 0 aromatic heterocycles. The number of piperidine rings is 1. The first-order valence-electron chi connectivity index (χ1n) is 9.50. The molecule has 0 aliphatic carbocycles. The molecule has 0 atom stereocenters. The minimum atomic E-state index is -0.0448. The van der Waals surface area contributed by atoms with E-state index in [-0.39, 0.29) is 11.9 Å². The summed E-state index contributed by atoms with van der Waals surface area (Å²) in [6, 6.07) is 0. The molecule has 1 saturated heterocycles. The molecule has 0 aromatic carbocycles. The topological polar surface area (TPSA) is 57.2 Å². The summed E-state index contributed by atoms with van der Waals surface area (Å²) in [5.41, 5.74) is 0. The Morgan fingerprint density at radius 3 is 2.54 bits per heavy atom. The van der Waals surface area contributed by atoms with E-state index in [4.69, 9.17) is 9.73 Å². The first-order valence-corrected chi connectivity index (χ1v) is 9.50. The van der Waals surface area contributed by atoms with Crippen LogP contribution in [0.25, 0.3) is 0 Å². The minimum absolute atomic E-state index is 0.0448. The number of ether oxygens (including phenoxy) is 1. The molecule has 1 aliphatic rings. The molecule has 0 saturated carbocycles. The van der Waals surface area contributed by atoms with Gasteiger partial charge in [-0.1, -0.05) is 13.3 Å². The Morgan fingerprint density at radius 2 is 1.96 bits per heavy atom. The highest BCUT2D eigenvalue weighted by Gasteiger charge is 2.27. The highest BCUT2D eigenvalue weighted by molar-refractivity contribution is 5.80. The van der Waals surface area contributed by atoms with Gasteiger partial charge in [-0.25, -0.2) is 0 Å². The van der Waals surface area contributed by atoms with E-state index in [1.54, 1.807) is 0 Å². The summed E-state index contributed by atoms with van der Waals surface area (Å²) in [4.78, 5) is 21.2. The second kappa shape index (κ2) is 12.1. The molecule has 1 fully saturated rings. The van der Waals surface area contributed by atoms with Crippen LogP contribution in [-0.2, 0) is 9.53 Å². The lowest BCUT2D eigenvalue weighted by Crippen LogP contribution is -2.47. The number of carbonyl (C=O) groups excluding carboxylic acids is 1. The Kier molecular flexibility index (Phi) is 10.5. The number of likely N-dealkylation sites (tertiary alicyclic amines) is 1. The summed E-state index contributed by atoms with van der Waals surface area (Å²) in [6.45, 7) is 12.1. The van der Waals surface area contributed by atoms with Crippen LogP contribution < -0.4 is 5.32 Å². The Bertz CT molecular complexity index is 379. The number of hydrogen-bond acceptors (Lipinski definition) is 4. The van der Waals surface area contributed by atoms with Gasteiger partial charge in [0.2, 0.25) is 0 Å². The van der Waals surface area contributed by atoms with Crippen LogP contribution in [0, 0.1) is 5.92 Å². The summed E-state index contributed by atoms with van der Waals surface area (Å²) >= 11 is 0. The number of likely N-dealkylation sites (N-methyl/N-ethyl adjacent to an activating group) is 1. The fourth-order valence-electron chi connectivity index (χ4n) is 2.88. The van der Waals surface area contributed by atoms with Crippen LogP contribution in [0.2, 0.25) is 0 Å². The fraction of sp³-hybridized carbons (Fsp3) is 0.889. The third kappa shape index (κ3) is 7.51. The van der Waals surface area contributed by atoms with E-state index in [1.807, 2.05) is 6.92 Å². The van der Waals surface area contributed by atoms with Gasteiger partial charge in [-0.3, -0.25) is 9.79 Å². The van der Waals surface area contributed by atoms with Crippen LogP contribution >= 0.6 is 0 Å². The number of nitrogens with zero attached hydrogens (tertiary/aromatic N) is 3. The molecular weight excluding hydrogens is 304 g/mol. The van der Waals surface area contributed by atoms with Crippen LogP contribution in [0.1, 0.15) is 46.5 Å². The molecule has 0 spiro atoms. The number of rotatable bonds is 9. The maximum absolute atomic E-state index is 11.8. The van der Waals surface area contributed by atoms with E-state index in [2.05, 4.69) is 36.0 Å². The molecule has 1 N–H and O–H groups in total. The van der Waals surface area contributed by atoms with Gasteiger partial charge in [0.05, 0.1) is 19.1 Å². The van der Waals surface area contributed by atoms with Gasteiger partial charge in [0, 0.05) is 26.2 Å². The number of esters is 1. The average Bonchev–Trinajstić information content (AvgIpc) is 2.59. The van der Waals surface area contributed by atoms with Gasteiger partial charge in [-0.05, 0) is 46.7 Å². The summed E-state index contributed by atoms with van der Waals surface area (Å²) in [7, 11) is 2.16. The summed E-state index contributed by atoms with van der Waals surface area (Å²) in [5.74, 6) is 0.976. The van der Waals surface area contributed by atoms with Crippen molar-refractivity contribution >= 4 is 11.9 Å². The molecule has 6 heteroatoms. The van der Waals surface area contributed by atoms with Crippen LogP contribution in [0.15, 0.2) is 4.99 Å².